The fourth-order valence-corrected chi connectivity index (χ4v) is 2.00. The van der Waals surface area contributed by atoms with E-state index < -0.39 is 4.92 Å². The van der Waals surface area contributed by atoms with E-state index in [0.717, 1.165) is 5.56 Å². The molecule has 9 heteroatoms. The number of ether oxygens (including phenoxy) is 1. The lowest BCUT2D eigenvalue weighted by atomic mass is 10.2. The summed E-state index contributed by atoms with van der Waals surface area (Å²) in [6.45, 7) is 0. The standard InChI is InChI=1S/C15H9ClN4O3.H2S/c16-12-4-3-11(20(21)22)8-14(12)23-15-18-7-5-13(19-15)10-2-1-6-17-9-10;/h1-9H;1H2. The first-order valence-corrected chi connectivity index (χ1v) is 6.86. The minimum Gasteiger partial charge on any atom is -0.422 e. The zero-order valence-corrected chi connectivity index (χ0v) is 13.8. The van der Waals surface area contributed by atoms with E-state index in [-0.39, 0.29) is 36.0 Å². The SMILES string of the molecule is O=[N+]([O-])c1ccc(Cl)c(Oc2nccc(-c3cccnc3)n2)c1.S. The van der Waals surface area contributed by atoms with E-state index in [4.69, 9.17) is 16.3 Å². The van der Waals surface area contributed by atoms with Gasteiger partial charge in [0.25, 0.3) is 5.69 Å². The number of hydrogen-bond acceptors (Lipinski definition) is 6. The third-order valence-electron chi connectivity index (χ3n) is 2.92. The molecule has 7 nitrogen and oxygen atoms in total. The Balaban J connectivity index is 0.00000208. The van der Waals surface area contributed by atoms with E-state index in [1.807, 2.05) is 6.07 Å². The van der Waals surface area contributed by atoms with Crippen LogP contribution in [0.1, 0.15) is 0 Å². The molecule has 24 heavy (non-hydrogen) atoms. The Bertz CT molecular complexity index is 864. The number of aromatic nitrogens is 3. The lowest BCUT2D eigenvalue weighted by Crippen LogP contribution is -1.95. The minimum atomic E-state index is -0.532. The van der Waals surface area contributed by atoms with Crippen LogP contribution in [0.15, 0.2) is 55.0 Å². The van der Waals surface area contributed by atoms with Gasteiger partial charge in [0, 0.05) is 30.2 Å². The first-order chi connectivity index (χ1) is 11.1. The number of benzene rings is 1. The van der Waals surface area contributed by atoms with Crippen molar-refractivity contribution in [3.63, 3.8) is 0 Å². The van der Waals surface area contributed by atoms with Crippen LogP contribution in [-0.4, -0.2) is 19.9 Å². The lowest BCUT2D eigenvalue weighted by Gasteiger charge is -2.07. The summed E-state index contributed by atoms with van der Waals surface area (Å²) in [5, 5.41) is 11.1. The first kappa shape index (κ1) is 17.6. The summed E-state index contributed by atoms with van der Waals surface area (Å²) in [6.07, 6.45) is 4.84. The minimum absolute atomic E-state index is 0. The van der Waals surface area contributed by atoms with Crippen molar-refractivity contribution in [2.24, 2.45) is 0 Å². The van der Waals surface area contributed by atoms with Crippen LogP contribution < -0.4 is 4.74 Å². The maximum absolute atomic E-state index is 10.8. The highest BCUT2D eigenvalue weighted by Gasteiger charge is 2.13. The van der Waals surface area contributed by atoms with Gasteiger partial charge < -0.3 is 4.74 Å². The van der Waals surface area contributed by atoms with Crippen molar-refractivity contribution in [1.82, 2.24) is 15.0 Å². The van der Waals surface area contributed by atoms with Gasteiger partial charge in [0.05, 0.1) is 21.7 Å². The Kier molecular flexibility index (Phi) is 5.67. The van der Waals surface area contributed by atoms with Crippen molar-refractivity contribution < 1.29 is 9.66 Å². The zero-order chi connectivity index (χ0) is 16.2. The summed E-state index contributed by atoms with van der Waals surface area (Å²) < 4.78 is 5.48. The molecule has 0 amide bonds. The van der Waals surface area contributed by atoms with Gasteiger partial charge in [-0.15, -0.1) is 0 Å². The van der Waals surface area contributed by atoms with Crippen LogP contribution in [0, 0.1) is 10.1 Å². The number of rotatable bonds is 4. The second-order valence-corrected chi connectivity index (χ2v) is 4.85. The molecule has 3 rings (SSSR count). The number of nitrogens with zero attached hydrogens (tertiary/aromatic N) is 4. The summed E-state index contributed by atoms with van der Waals surface area (Å²) in [4.78, 5) is 22.6. The Morgan fingerprint density at radius 1 is 1.17 bits per heavy atom. The van der Waals surface area contributed by atoms with E-state index in [0.29, 0.717) is 5.69 Å². The first-order valence-electron chi connectivity index (χ1n) is 6.49. The molecular formula is C15H11ClN4O3S. The molecule has 0 N–H and O–H groups in total. The maximum atomic E-state index is 10.8. The van der Waals surface area contributed by atoms with Gasteiger partial charge in [0.2, 0.25) is 0 Å². The molecule has 0 spiro atoms. The van der Waals surface area contributed by atoms with Crippen LogP contribution in [0.3, 0.4) is 0 Å². The molecule has 0 atom stereocenters. The Morgan fingerprint density at radius 3 is 2.71 bits per heavy atom. The van der Waals surface area contributed by atoms with Crippen LogP contribution in [0.4, 0.5) is 5.69 Å². The fourth-order valence-electron chi connectivity index (χ4n) is 1.85. The van der Waals surface area contributed by atoms with E-state index in [2.05, 4.69) is 15.0 Å². The third-order valence-corrected chi connectivity index (χ3v) is 3.23. The highest BCUT2D eigenvalue weighted by Crippen LogP contribution is 2.31. The van der Waals surface area contributed by atoms with Gasteiger partial charge in [-0.3, -0.25) is 15.1 Å². The van der Waals surface area contributed by atoms with E-state index in [1.54, 1.807) is 24.5 Å². The van der Waals surface area contributed by atoms with Crippen LogP contribution in [0.5, 0.6) is 11.8 Å². The number of nitro benzene ring substituents is 1. The molecule has 2 heterocycles. The van der Waals surface area contributed by atoms with E-state index >= 15 is 0 Å². The van der Waals surface area contributed by atoms with Gasteiger partial charge >= 0.3 is 6.01 Å². The third kappa shape index (κ3) is 3.98. The van der Waals surface area contributed by atoms with Crippen LogP contribution in [0.25, 0.3) is 11.3 Å². The van der Waals surface area contributed by atoms with Crippen molar-refractivity contribution >= 4 is 30.8 Å². The predicted octanol–water partition coefficient (Wildman–Crippen LogP) is 4.01. The normalized spacial score (nSPS) is 9.88. The maximum Gasteiger partial charge on any atom is 0.322 e. The average Bonchev–Trinajstić information content (AvgIpc) is 2.58. The molecule has 0 radical (unpaired) electrons. The van der Waals surface area contributed by atoms with Crippen molar-refractivity contribution in [1.29, 1.82) is 0 Å². The molecule has 0 aliphatic carbocycles. The molecular weight excluding hydrogens is 352 g/mol. The number of halogens is 1. The molecule has 0 fully saturated rings. The summed E-state index contributed by atoms with van der Waals surface area (Å²) in [7, 11) is 0. The van der Waals surface area contributed by atoms with E-state index in [1.165, 1.54) is 24.4 Å². The zero-order valence-electron chi connectivity index (χ0n) is 12.1. The van der Waals surface area contributed by atoms with Crippen molar-refractivity contribution in [2.75, 3.05) is 0 Å². The van der Waals surface area contributed by atoms with Crippen molar-refractivity contribution in [3.05, 3.63) is 70.1 Å². The number of nitro groups is 1. The molecule has 2 aromatic heterocycles. The van der Waals surface area contributed by atoms with Crippen LogP contribution in [0.2, 0.25) is 5.02 Å². The average molecular weight is 363 g/mol. The summed E-state index contributed by atoms with van der Waals surface area (Å²) >= 11 is 5.99. The second-order valence-electron chi connectivity index (χ2n) is 4.44. The fraction of sp³-hybridized carbons (Fsp3) is 0. The Hall–Kier alpha value is -2.71. The van der Waals surface area contributed by atoms with Gasteiger partial charge in [0.1, 0.15) is 0 Å². The molecule has 0 unspecified atom stereocenters. The highest BCUT2D eigenvalue weighted by molar-refractivity contribution is 7.59. The summed E-state index contributed by atoms with van der Waals surface area (Å²) in [6, 6.07) is 9.28. The number of pyridine rings is 1. The second kappa shape index (κ2) is 7.71. The van der Waals surface area contributed by atoms with Crippen molar-refractivity contribution in [3.8, 4) is 23.0 Å². The number of non-ortho nitro benzene ring substituents is 1. The molecule has 0 saturated heterocycles. The van der Waals surface area contributed by atoms with Gasteiger partial charge in [-0.05, 0) is 24.3 Å². The summed E-state index contributed by atoms with van der Waals surface area (Å²) in [5.41, 5.74) is 1.28. The van der Waals surface area contributed by atoms with Crippen LogP contribution in [-0.2, 0) is 0 Å². The largest absolute Gasteiger partial charge is 0.422 e. The Morgan fingerprint density at radius 2 is 2.00 bits per heavy atom. The molecule has 1 aromatic carbocycles. The highest BCUT2D eigenvalue weighted by atomic mass is 35.5. The van der Waals surface area contributed by atoms with Gasteiger partial charge in [0.15, 0.2) is 5.75 Å². The molecule has 0 aliphatic heterocycles. The van der Waals surface area contributed by atoms with E-state index in [9.17, 15) is 10.1 Å². The molecule has 122 valence electrons. The molecule has 3 aromatic rings. The molecule has 0 bridgehead atoms. The smallest absolute Gasteiger partial charge is 0.322 e. The van der Waals surface area contributed by atoms with Gasteiger partial charge in [-0.25, -0.2) is 4.98 Å². The van der Waals surface area contributed by atoms with Crippen molar-refractivity contribution in [2.45, 2.75) is 0 Å². The Labute approximate surface area is 148 Å². The number of hydrogen-bond donors (Lipinski definition) is 0. The lowest BCUT2D eigenvalue weighted by molar-refractivity contribution is -0.384. The topological polar surface area (TPSA) is 91.0 Å². The predicted molar refractivity (Wildman–Crippen MR) is 93.8 cm³/mol. The van der Waals surface area contributed by atoms with Gasteiger partial charge in [-0.2, -0.15) is 18.5 Å². The van der Waals surface area contributed by atoms with Gasteiger partial charge in [-0.1, -0.05) is 11.6 Å². The summed E-state index contributed by atoms with van der Waals surface area (Å²) in [5.74, 6) is 0.115. The molecule has 0 aliphatic rings. The quantitative estimate of drug-likeness (QED) is 0.514. The van der Waals surface area contributed by atoms with Crippen LogP contribution >= 0.6 is 25.1 Å². The molecule has 0 saturated carbocycles. The monoisotopic (exact) mass is 362 g/mol.